The Morgan fingerprint density at radius 3 is 2.68 bits per heavy atom. The summed E-state index contributed by atoms with van der Waals surface area (Å²) in [5, 5.41) is 15.8. The van der Waals surface area contributed by atoms with E-state index in [9.17, 15) is 19.7 Å². The number of methoxy groups -OCH3 is 1. The number of ether oxygens (including phenoxy) is 1. The maximum Gasteiger partial charge on any atom is 0.315 e. The Morgan fingerprint density at radius 2 is 2.09 bits per heavy atom. The van der Waals surface area contributed by atoms with Gasteiger partial charge in [0.15, 0.2) is 5.17 Å². The topological polar surface area (TPSA) is 123 Å². The summed E-state index contributed by atoms with van der Waals surface area (Å²) in [6, 6.07) is 3.69. The predicted molar refractivity (Wildman–Crippen MR) is 81.2 cm³/mol. The fourth-order valence-corrected chi connectivity index (χ4v) is 2.37. The van der Waals surface area contributed by atoms with Gasteiger partial charge in [0.05, 0.1) is 24.3 Å². The zero-order valence-corrected chi connectivity index (χ0v) is 12.3. The highest BCUT2D eigenvalue weighted by Crippen LogP contribution is 2.28. The zero-order valence-electron chi connectivity index (χ0n) is 11.5. The Hall–Kier alpha value is -2.62. The van der Waals surface area contributed by atoms with Crippen LogP contribution in [0.15, 0.2) is 23.2 Å². The van der Waals surface area contributed by atoms with Gasteiger partial charge in [-0.1, -0.05) is 11.8 Å². The van der Waals surface area contributed by atoms with Crippen molar-refractivity contribution in [3.05, 3.63) is 28.3 Å². The number of non-ortho nitro benzene ring substituents is 1. The molecule has 22 heavy (non-hydrogen) atoms. The molecule has 1 aliphatic heterocycles. The summed E-state index contributed by atoms with van der Waals surface area (Å²) in [4.78, 5) is 37.7. The third-order valence-corrected chi connectivity index (χ3v) is 3.55. The van der Waals surface area contributed by atoms with Crippen molar-refractivity contribution in [1.29, 1.82) is 0 Å². The van der Waals surface area contributed by atoms with Gasteiger partial charge in [-0.3, -0.25) is 30.0 Å². The number of nitrogens with zero attached hydrogens (tertiary/aromatic N) is 2. The molecule has 0 unspecified atom stereocenters. The number of anilines is 1. The molecule has 10 heteroatoms. The first-order valence-corrected chi connectivity index (χ1v) is 7.12. The van der Waals surface area contributed by atoms with Crippen LogP contribution >= 0.6 is 11.8 Å². The van der Waals surface area contributed by atoms with Gasteiger partial charge in [-0.15, -0.1) is 0 Å². The smallest absolute Gasteiger partial charge is 0.315 e. The number of carbonyl (C=O) groups excluding carboxylic acids is 2. The van der Waals surface area contributed by atoms with Crippen LogP contribution in [0.2, 0.25) is 0 Å². The summed E-state index contributed by atoms with van der Waals surface area (Å²) in [7, 11) is 1.35. The highest BCUT2D eigenvalue weighted by atomic mass is 32.2. The van der Waals surface area contributed by atoms with Gasteiger partial charge in [0.25, 0.3) is 5.69 Å². The van der Waals surface area contributed by atoms with Gasteiger partial charge in [0.1, 0.15) is 5.75 Å². The zero-order chi connectivity index (χ0) is 16.1. The summed E-state index contributed by atoms with van der Waals surface area (Å²) in [6.45, 7) is 0.584. The highest BCUT2D eigenvalue weighted by Gasteiger charge is 2.20. The van der Waals surface area contributed by atoms with E-state index in [2.05, 4.69) is 15.6 Å². The number of hydrogen-bond acceptors (Lipinski definition) is 7. The van der Waals surface area contributed by atoms with Crippen LogP contribution in [0.1, 0.15) is 0 Å². The van der Waals surface area contributed by atoms with E-state index >= 15 is 0 Å². The van der Waals surface area contributed by atoms with E-state index in [1.165, 1.54) is 31.0 Å². The molecular formula is C12H12N4O5S. The lowest BCUT2D eigenvalue weighted by Gasteiger charge is -2.09. The van der Waals surface area contributed by atoms with Crippen LogP contribution < -0.4 is 15.4 Å². The number of hydrogen-bond donors (Lipinski definition) is 2. The third-order valence-electron chi connectivity index (χ3n) is 2.65. The van der Waals surface area contributed by atoms with Crippen LogP contribution in [0.4, 0.5) is 11.4 Å². The van der Waals surface area contributed by atoms with Crippen molar-refractivity contribution < 1.29 is 19.2 Å². The molecule has 0 aliphatic carbocycles. The molecule has 0 saturated heterocycles. The number of amidine groups is 1. The maximum absolute atomic E-state index is 11.8. The number of nitrogens with one attached hydrogen (secondary N) is 2. The summed E-state index contributed by atoms with van der Waals surface area (Å²) in [5.74, 6) is -0.911. The Morgan fingerprint density at radius 1 is 1.36 bits per heavy atom. The van der Waals surface area contributed by atoms with E-state index in [1.807, 2.05) is 0 Å². The second-order valence-electron chi connectivity index (χ2n) is 4.09. The predicted octanol–water partition coefficient (Wildman–Crippen LogP) is 0.761. The van der Waals surface area contributed by atoms with Crippen LogP contribution in [0.5, 0.6) is 5.75 Å². The molecule has 1 aliphatic rings. The van der Waals surface area contributed by atoms with E-state index in [0.717, 1.165) is 11.8 Å². The van der Waals surface area contributed by atoms with E-state index in [4.69, 9.17) is 4.74 Å². The van der Waals surface area contributed by atoms with Crippen molar-refractivity contribution in [2.45, 2.75) is 0 Å². The molecule has 0 atom stereocenters. The average Bonchev–Trinajstić information content (AvgIpc) is 2.99. The van der Waals surface area contributed by atoms with Crippen molar-refractivity contribution >= 4 is 40.1 Å². The number of nitro benzene ring substituents is 1. The average molecular weight is 324 g/mol. The summed E-state index contributed by atoms with van der Waals surface area (Å²) in [5.41, 5.74) is -0.190. The Balaban J connectivity index is 2.11. The van der Waals surface area contributed by atoms with Gasteiger partial charge in [-0.05, 0) is 6.07 Å². The molecule has 0 aromatic heterocycles. The molecule has 0 spiro atoms. The molecular weight excluding hydrogens is 312 g/mol. The molecule has 116 valence electrons. The number of benzene rings is 1. The number of thioether (sulfide) groups is 1. The van der Waals surface area contributed by atoms with Crippen LogP contribution in [-0.4, -0.2) is 41.3 Å². The minimum absolute atomic E-state index is 0.0397. The third kappa shape index (κ3) is 3.73. The largest absolute Gasteiger partial charge is 0.495 e. The molecule has 2 amide bonds. The number of nitro groups is 1. The van der Waals surface area contributed by atoms with Crippen molar-refractivity contribution in [2.75, 3.05) is 24.7 Å². The molecule has 1 aromatic rings. The number of amides is 2. The quantitative estimate of drug-likeness (QED) is 0.481. The second kappa shape index (κ2) is 6.89. The van der Waals surface area contributed by atoms with E-state index in [-0.39, 0.29) is 17.1 Å². The first-order chi connectivity index (χ1) is 10.5. The minimum atomic E-state index is -0.964. The second-order valence-corrected chi connectivity index (χ2v) is 5.17. The molecule has 0 radical (unpaired) electrons. The van der Waals surface area contributed by atoms with Crippen LogP contribution in [0.25, 0.3) is 0 Å². The lowest BCUT2D eigenvalue weighted by atomic mass is 10.2. The molecule has 0 fully saturated rings. The monoisotopic (exact) mass is 324 g/mol. The van der Waals surface area contributed by atoms with E-state index in [1.54, 1.807) is 0 Å². The normalized spacial score (nSPS) is 13.2. The number of rotatable bonds is 3. The Kier molecular flexibility index (Phi) is 4.94. The van der Waals surface area contributed by atoms with Crippen molar-refractivity contribution in [1.82, 2.24) is 5.32 Å². The fraction of sp³-hybridized carbons (Fsp3) is 0.250. The molecule has 0 bridgehead atoms. The van der Waals surface area contributed by atoms with Gasteiger partial charge in [-0.2, -0.15) is 0 Å². The van der Waals surface area contributed by atoms with Gasteiger partial charge < -0.3 is 10.1 Å². The molecule has 0 saturated carbocycles. The Labute approximate surface area is 129 Å². The summed E-state index contributed by atoms with van der Waals surface area (Å²) in [6.07, 6.45) is 0. The highest BCUT2D eigenvalue weighted by molar-refractivity contribution is 8.14. The molecule has 2 rings (SSSR count). The first-order valence-electron chi connectivity index (χ1n) is 6.13. The van der Waals surface area contributed by atoms with E-state index < -0.39 is 16.7 Å². The molecule has 2 N–H and O–H groups in total. The maximum atomic E-state index is 11.8. The van der Waals surface area contributed by atoms with Gasteiger partial charge in [-0.25, -0.2) is 0 Å². The Bertz CT molecular complexity index is 661. The first kappa shape index (κ1) is 15.8. The fourth-order valence-electron chi connectivity index (χ4n) is 1.65. The van der Waals surface area contributed by atoms with Gasteiger partial charge in [0.2, 0.25) is 0 Å². The van der Waals surface area contributed by atoms with Gasteiger partial charge >= 0.3 is 11.8 Å². The molecule has 1 heterocycles. The standard InChI is InChI=1S/C12H12N4O5S/c1-21-9-3-2-7(16(19)20)6-8(9)14-10(17)11(18)15-12-13-4-5-22-12/h2-3,6H,4-5H2,1H3,(H,14,17)(H,13,15,18). The van der Waals surface area contributed by atoms with Gasteiger partial charge in [0, 0.05) is 17.9 Å². The van der Waals surface area contributed by atoms with E-state index in [0.29, 0.717) is 11.7 Å². The minimum Gasteiger partial charge on any atom is -0.495 e. The molecule has 9 nitrogen and oxygen atoms in total. The molecule has 1 aromatic carbocycles. The van der Waals surface area contributed by atoms with Crippen molar-refractivity contribution in [3.8, 4) is 5.75 Å². The van der Waals surface area contributed by atoms with Crippen LogP contribution in [-0.2, 0) is 9.59 Å². The van der Waals surface area contributed by atoms with Crippen LogP contribution in [0, 0.1) is 10.1 Å². The van der Waals surface area contributed by atoms with Crippen LogP contribution in [0.3, 0.4) is 0 Å². The SMILES string of the molecule is COc1ccc([N+](=O)[O-])cc1NC(=O)C(=O)NC1=NCCS1. The number of aliphatic imine (C=N–C) groups is 1. The lowest BCUT2D eigenvalue weighted by molar-refractivity contribution is -0.384. The lowest BCUT2D eigenvalue weighted by Crippen LogP contribution is -2.37. The summed E-state index contributed by atoms with van der Waals surface area (Å²) >= 11 is 1.33. The number of carbonyl (C=O) groups is 2. The van der Waals surface area contributed by atoms with Crippen molar-refractivity contribution in [3.63, 3.8) is 0 Å². The van der Waals surface area contributed by atoms with Crippen molar-refractivity contribution in [2.24, 2.45) is 4.99 Å². The summed E-state index contributed by atoms with van der Waals surface area (Å²) < 4.78 is 5.00.